The van der Waals surface area contributed by atoms with Crippen molar-refractivity contribution < 1.29 is 18.7 Å². The maximum absolute atomic E-state index is 12.9. The molecule has 0 saturated heterocycles. The van der Waals surface area contributed by atoms with E-state index in [-0.39, 0.29) is 18.1 Å². The van der Waals surface area contributed by atoms with Gasteiger partial charge in [-0.05, 0) is 60.4 Å². The lowest BCUT2D eigenvalue weighted by Gasteiger charge is -2.27. The molecule has 0 radical (unpaired) electrons. The van der Waals surface area contributed by atoms with Crippen molar-refractivity contribution >= 4 is 11.9 Å². The zero-order valence-corrected chi connectivity index (χ0v) is 16.3. The number of rotatable bonds is 7. The van der Waals surface area contributed by atoms with E-state index < -0.39 is 5.97 Å². The van der Waals surface area contributed by atoms with Crippen molar-refractivity contribution in [3.05, 3.63) is 72.1 Å². The Hall–Kier alpha value is -3.75. The average molecular weight is 407 g/mol. The molecule has 0 aliphatic heterocycles. The van der Waals surface area contributed by atoms with Gasteiger partial charge in [-0.2, -0.15) is 4.68 Å². The Morgan fingerprint density at radius 2 is 2.07 bits per heavy atom. The molecule has 0 saturated carbocycles. The average Bonchev–Trinajstić information content (AvgIpc) is 3.50. The molecule has 154 valence electrons. The van der Waals surface area contributed by atoms with Gasteiger partial charge in [0.2, 0.25) is 0 Å². The predicted octanol–water partition coefficient (Wildman–Crippen LogP) is 2.90. The molecule has 2 aromatic heterocycles. The Balaban J connectivity index is 1.47. The van der Waals surface area contributed by atoms with Gasteiger partial charge in [0.15, 0.2) is 6.61 Å². The van der Waals surface area contributed by atoms with Crippen LogP contribution in [0.1, 0.15) is 41.8 Å². The van der Waals surface area contributed by atoms with Crippen LogP contribution in [0.3, 0.4) is 0 Å². The lowest BCUT2D eigenvalue weighted by atomic mass is 10.0. The van der Waals surface area contributed by atoms with E-state index in [9.17, 15) is 9.59 Å². The van der Waals surface area contributed by atoms with Gasteiger partial charge < -0.3 is 14.1 Å². The quantitative estimate of drug-likeness (QED) is 0.555. The number of amides is 1. The molecule has 1 amide bonds. The normalized spacial score (nSPS) is 13.5. The van der Waals surface area contributed by atoms with Crippen LogP contribution in [0.25, 0.3) is 5.69 Å². The van der Waals surface area contributed by atoms with Gasteiger partial charge >= 0.3 is 5.97 Å². The van der Waals surface area contributed by atoms with Crippen LogP contribution < -0.4 is 0 Å². The number of nitrogens with zero attached hydrogens (tertiary/aromatic N) is 5. The molecule has 0 bridgehead atoms. The first-order valence-electron chi connectivity index (χ1n) is 9.73. The van der Waals surface area contributed by atoms with E-state index in [2.05, 4.69) is 21.6 Å². The summed E-state index contributed by atoms with van der Waals surface area (Å²) in [6.45, 7) is -0.0722. The van der Waals surface area contributed by atoms with Crippen molar-refractivity contribution in [3.63, 3.8) is 0 Å². The molecule has 0 fully saturated rings. The Morgan fingerprint density at radius 3 is 2.80 bits per heavy atom. The third kappa shape index (κ3) is 4.45. The van der Waals surface area contributed by atoms with Crippen LogP contribution in [0.2, 0.25) is 0 Å². The summed E-state index contributed by atoms with van der Waals surface area (Å²) in [6.07, 6.45) is 8.89. The van der Waals surface area contributed by atoms with Crippen LogP contribution in [0.15, 0.2) is 65.2 Å². The summed E-state index contributed by atoms with van der Waals surface area (Å²) in [5, 5.41) is 11.0. The van der Waals surface area contributed by atoms with Gasteiger partial charge in [-0.25, -0.2) is 4.79 Å². The van der Waals surface area contributed by atoms with Crippen LogP contribution in [0.5, 0.6) is 0 Å². The minimum Gasteiger partial charge on any atom is -0.467 e. The van der Waals surface area contributed by atoms with E-state index in [1.165, 1.54) is 11.0 Å². The lowest BCUT2D eigenvalue weighted by molar-refractivity contribution is -0.133. The summed E-state index contributed by atoms with van der Waals surface area (Å²) in [5.41, 5.74) is 1.68. The first-order chi connectivity index (χ1) is 14.7. The number of hydrogen-bond donors (Lipinski definition) is 0. The van der Waals surface area contributed by atoms with E-state index in [0.717, 1.165) is 31.4 Å². The highest BCUT2D eigenvalue weighted by molar-refractivity contribution is 5.94. The monoisotopic (exact) mass is 407 g/mol. The van der Waals surface area contributed by atoms with Gasteiger partial charge in [0, 0.05) is 5.70 Å². The maximum atomic E-state index is 12.9. The van der Waals surface area contributed by atoms with E-state index in [1.807, 2.05) is 6.07 Å². The topological polar surface area (TPSA) is 103 Å². The fourth-order valence-electron chi connectivity index (χ4n) is 3.38. The molecule has 3 aromatic rings. The van der Waals surface area contributed by atoms with Gasteiger partial charge in [0.1, 0.15) is 12.1 Å². The predicted molar refractivity (Wildman–Crippen MR) is 105 cm³/mol. The number of carbonyl (C=O) groups is 2. The molecule has 1 aliphatic rings. The van der Waals surface area contributed by atoms with Crippen LogP contribution in [-0.4, -0.2) is 43.6 Å². The summed E-state index contributed by atoms with van der Waals surface area (Å²) in [6, 6.07) is 10.4. The molecule has 0 atom stereocenters. The number of tetrazole rings is 1. The fourth-order valence-corrected chi connectivity index (χ4v) is 3.38. The Labute approximate surface area is 172 Å². The fraction of sp³-hybridized carbons (Fsp3) is 0.286. The smallest absolute Gasteiger partial charge is 0.340 e. The highest BCUT2D eigenvalue weighted by Gasteiger charge is 2.23. The molecule has 9 heteroatoms. The largest absolute Gasteiger partial charge is 0.467 e. The van der Waals surface area contributed by atoms with Crippen LogP contribution >= 0.6 is 0 Å². The van der Waals surface area contributed by atoms with E-state index in [0.29, 0.717) is 18.0 Å². The number of allylic oxidation sites excluding steroid dienone is 2. The molecule has 30 heavy (non-hydrogen) atoms. The number of carbonyl (C=O) groups excluding carboxylic acids is 2. The molecule has 0 N–H and O–H groups in total. The first kappa shape index (κ1) is 19.6. The number of ether oxygens (including phenoxy) is 1. The number of benzene rings is 1. The van der Waals surface area contributed by atoms with Crippen LogP contribution in [0.4, 0.5) is 0 Å². The minimum absolute atomic E-state index is 0.270. The summed E-state index contributed by atoms with van der Waals surface area (Å²) < 4.78 is 12.1. The highest BCUT2D eigenvalue weighted by atomic mass is 16.5. The number of furan rings is 1. The maximum Gasteiger partial charge on any atom is 0.340 e. The van der Waals surface area contributed by atoms with Crippen molar-refractivity contribution in [1.29, 1.82) is 0 Å². The summed E-state index contributed by atoms with van der Waals surface area (Å²) in [4.78, 5) is 27.3. The van der Waals surface area contributed by atoms with Crippen LogP contribution in [-0.2, 0) is 16.1 Å². The molecule has 0 spiro atoms. The van der Waals surface area contributed by atoms with E-state index in [4.69, 9.17) is 9.15 Å². The molecule has 2 heterocycles. The van der Waals surface area contributed by atoms with Gasteiger partial charge in [-0.1, -0.05) is 18.2 Å². The summed E-state index contributed by atoms with van der Waals surface area (Å²) in [7, 11) is 0. The molecule has 1 aliphatic carbocycles. The summed E-state index contributed by atoms with van der Waals surface area (Å²) in [5.74, 6) is -0.247. The SMILES string of the molecule is O=C(OCC(=O)N(Cc1ccco1)C1=CCCCC1)c1ccccc1-n1cnnn1. The second kappa shape index (κ2) is 9.17. The van der Waals surface area contributed by atoms with E-state index in [1.54, 1.807) is 41.5 Å². The number of aromatic nitrogens is 4. The van der Waals surface area contributed by atoms with Crippen LogP contribution in [0, 0.1) is 0 Å². The molecular formula is C21H21N5O4. The first-order valence-corrected chi connectivity index (χ1v) is 9.73. The standard InChI is InChI=1S/C21H21N5O4/c27-20(25(13-17-9-6-12-29-17)16-7-2-1-3-8-16)14-30-21(28)18-10-4-5-11-19(18)26-15-22-23-24-26/h4-7,9-12,15H,1-3,8,13-14H2. The lowest BCUT2D eigenvalue weighted by Crippen LogP contribution is -2.34. The Kier molecular flexibility index (Phi) is 5.98. The van der Waals surface area contributed by atoms with Gasteiger partial charge in [0.25, 0.3) is 5.91 Å². The molecule has 4 rings (SSSR count). The van der Waals surface area contributed by atoms with Crippen molar-refractivity contribution in [2.45, 2.75) is 32.2 Å². The molecule has 0 unspecified atom stereocenters. The van der Waals surface area contributed by atoms with E-state index >= 15 is 0 Å². The molecular weight excluding hydrogens is 386 g/mol. The second-order valence-electron chi connectivity index (χ2n) is 6.85. The molecule has 1 aromatic carbocycles. The third-order valence-corrected chi connectivity index (χ3v) is 4.86. The van der Waals surface area contributed by atoms with Gasteiger partial charge in [-0.3, -0.25) is 4.79 Å². The van der Waals surface area contributed by atoms with Gasteiger partial charge in [0.05, 0.1) is 24.1 Å². The van der Waals surface area contributed by atoms with Crippen molar-refractivity contribution in [2.24, 2.45) is 0 Å². The number of esters is 1. The van der Waals surface area contributed by atoms with Crippen molar-refractivity contribution in [3.8, 4) is 5.69 Å². The zero-order chi connectivity index (χ0) is 20.8. The molecule has 9 nitrogen and oxygen atoms in total. The third-order valence-electron chi connectivity index (χ3n) is 4.86. The van der Waals surface area contributed by atoms with Crippen molar-refractivity contribution in [1.82, 2.24) is 25.1 Å². The number of para-hydroxylation sites is 1. The summed E-state index contributed by atoms with van der Waals surface area (Å²) >= 11 is 0. The Bertz CT molecular complexity index is 1030. The number of hydrogen-bond acceptors (Lipinski definition) is 7. The van der Waals surface area contributed by atoms with Crippen molar-refractivity contribution in [2.75, 3.05) is 6.61 Å². The highest BCUT2D eigenvalue weighted by Crippen LogP contribution is 2.23. The second-order valence-corrected chi connectivity index (χ2v) is 6.85. The zero-order valence-electron chi connectivity index (χ0n) is 16.3. The minimum atomic E-state index is -0.620. The Morgan fingerprint density at radius 1 is 1.17 bits per heavy atom. The van der Waals surface area contributed by atoms with Gasteiger partial charge in [-0.15, -0.1) is 5.10 Å².